The predicted molar refractivity (Wildman–Crippen MR) is 63.5 cm³/mol. The van der Waals surface area contributed by atoms with E-state index in [4.69, 9.17) is 5.73 Å². The van der Waals surface area contributed by atoms with Crippen molar-refractivity contribution in [3.63, 3.8) is 0 Å². The summed E-state index contributed by atoms with van der Waals surface area (Å²) in [5.74, 6) is 0.627. The SMILES string of the molecule is CCN(c1nc(N)ccc1[N+](=O)[O-])C(C)C. The third-order valence-corrected chi connectivity index (χ3v) is 2.31. The van der Waals surface area contributed by atoms with E-state index in [0.29, 0.717) is 18.2 Å². The average molecular weight is 224 g/mol. The molecule has 0 aromatic carbocycles. The summed E-state index contributed by atoms with van der Waals surface area (Å²) in [7, 11) is 0. The number of hydrogen-bond donors (Lipinski definition) is 1. The Hall–Kier alpha value is -1.85. The number of rotatable bonds is 4. The van der Waals surface area contributed by atoms with Gasteiger partial charge < -0.3 is 10.6 Å². The third-order valence-electron chi connectivity index (χ3n) is 2.31. The first-order valence-corrected chi connectivity index (χ1v) is 5.15. The van der Waals surface area contributed by atoms with E-state index in [9.17, 15) is 10.1 Å². The molecular formula is C10H16N4O2. The molecule has 0 saturated heterocycles. The maximum absolute atomic E-state index is 10.9. The smallest absolute Gasteiger partial charge is 0.311 e. The molecule has 1 rings (SSSR count). The van der Waals surface area contributed by atoms with Crippen LogP contribution in [0.4, 0.5) is 17.3 Å². The normalized spacial score (nSPS) is 10.5. The molecule has 0 amide bonds. The molecule has 6 nitrogen and oxygen atoms in total. The van der Waals surface area contributed by atoms with E-state index in [2.05, 4.69) is 4.98 Å². The van der Waals surface area contributed by atoms with E-state index in [1.54, 1.807) is 0 Å². The number of aromatic nitrogens is 1. The van der Waals surface area contributed by atoms with Crippen LogP contribution >= 0.6 is 0 Å². The number of hydrogen-bond acceptors (Lipinski definition) is 5. The highest BCUT2D eigenvalue weighted by atomic mass is 16.6. The van der Waals surface area contributed by atoms with E-state index in [0.717, 1.165) is 0 Å². The van der Waals surface area contributed by atoms with Crippen LogP contribution in [-0.4, -0.2) is 22.5 Å². The van der Waals surface area contributed by atoms with Gasteiger partial charge in [-0.25, -0.2) is 4.98 Å². The van der Waals surface area contributed by atoms with E-state index < -0.39 is 4.92 Å². The van der Waals surface area contributed by atoms with Crippen molar-refractivity contribution >= 4 is 17.3 Å². The highest BCUT2D eigenvalue weighted by molar-refractivity contribution is 5.61. The second-order valence-corrected chi connectivity index (χ2v) is 3.72. The molecule has 0 aliphatic carbocycles. The minimum absolute atomic E-state index is 0.00949. The summed E-state index contributed by atoms with van der Waals surface area (Å²) < 4.78 is 0. The summed E-state index contributed by atoms with van der Waals surface area (Å²) in [6.07, 6.45) is 0. The van der Waals surface area contributed by atoms with Crippen LogP contribution in [0.15, 0.2) is 12.1 Å². The zero-order valence-electron chi connectivity index (χ0n) is 9.67. The fourth-order valence-electron chi connectivity index (χ4n) is 1.57. The first kappa shape index (κ1) is 12.2. The maximum Gasteiger partial charge on any atom is 0.311 e. The number of nitrogen functional groups attached to an aromatic ring is 1. The number of anilines is 2. The Kier molecular flexibility index (Phi) is 3.65. The van der Waals surface area contributed by atoms with Crippen LogP contribution in [0.5, 0.6) is 0 Å². The average Bonchev–Trinajstić information content (AvgIpc) is 2.17. The van der Waals surface area contributed by atoms with Gasteiger partial charge in [-0.1, -0.05) is 0 Å². The van der Waals surface area contributed by atoms with E-state index in [1.807, 2.05) is 25.7 Å². The van der Waals surface area contributed by atoms with Gasteiger partial charge in [0.1, 0.15) is 5.82 Å². The van der Waals surface area contributed by atoms with Crippen LogP contribution in [0.3, 0.4) is 0 Å². The molecule has 1 heterocycles. The summed E-state index contributed by atoms with van der Waals surface area (Å²) in [5, 5.41) is 10.9. The van der Waals surface area contributed by atoms with Crippen molar-refractivity contribution in [2.24, 2.45) is 0 Å². The van der Waals surface area contributed by atoms with Crippen LogP contribution in [0.1, 0.15) is 20.8 Å². The molecular weight excluding hydrogens is 208 g/mol. The Bertz CT molecular complexity index is 392. The lowest BCUT2D eigenvalue weighted by atomic mass is 10.2. The van der Waals surface area contributed by atoms with Crippen molar-refractivity contribution in [1.82, 2.24) is 4.98 Å². The first-order valence-electron chi connectivity index (χ1n) is 5.15. The van der Waals surface area contributed by atoms with Crippen molar-refractivity contribution < 1.29 is 4.92 Å². The van der Waals surface area contributed by atoms with Gasteiger partial charge >= 0.3 is 5.69 Å². The zero-order valence-corrected chi connectivity index (χ0v) is 9.67. The zero-order chi connectivity index (χ0) is 12.3. The largest absolute Gasteiger partial charge is 0.384 e. The van der Waals surface area contributed by atoms with Gasteiger partial charge in [-0.3, -0.25) is 10.1 Å². The Labute approximate surface area is 94.2 Å². The van der Waals surface area contributed by atoms with Crippen LogP contribution in [0.2, 0.25) is 0 Å². The molecule has 2 N–H and O–H groups in total. The molecule has 0 bridgehead atoms. The molecule has 0 saturated carbocycles. The molecule has 1 aromatic rings. The van der Waals surface area contributed by atoms with Crippen molar-refractivity contribution in [3.8, 4) is 0 Å². The lowest BCUT2D eigenvalue weighted by molar-refractivity contribution is -0.384. The minimum atomic E-state index is -0.438. The van der Waals surface area contributed by atoms with Gasteiger partial charge in [-0.2, -0.15) is 0 Å². The Balaban J connectivity index is 3.27. The van der Waals surface area contributed by atoms with Crippen LogP contribution in [0.25, 0.3) is 0 Å². The van der Waals surface area contributed by atoms with Crippen molar-refractivity contribution in [3.05, 3.63) is 22.2 Å². The highest BCUT2D eigenvalue weighted by Gasteiger charge is 2.22. The Morgan fingerprint density at radius 3 is 2.62 bits per heavy atom. The van der Waals surface area contributed by atoms with E-state index >= 15 is 0 Å². The highest BCUT2D eigenvalue weighted by Crippen LogP contribution is 2.27. The van der Waals surface area contributed by atoms with Crippen molar-refractivity contribution in [2.45, 2.75) is 26.8 Å². The molecule has 0 aliphatic rings. The van der Waals surface area contributed by atoms with Gasteiger partial charge in [-0.05, 0) is 26.8 Å². The van der Waals surface area contributed by atoms with Gasteiger partial charge in [0, 0.05) is 18.7 Å². The summed E-state index contributed by atoms with van der Waals surface area (Å²) >= 11 is 0. The van der Waals surface area contributed by atoms with Crippen molar-refractivity contribution in [2.75, 3.05) is 17.2 Å². The molecule has 0 unspecified atom stereocenters. The molecule has 1 aromatic heterocycles. The monoisotopic (exact) mass is 224 g/mol. The second-order valence-electron chi connectivity index (χ2n) is 3.72. The predicted octanol–water partition coefficient (Wildman–Crippen LogP) is 1.81. The molecule has 0 aliphatic heterocycles. The Morgan fingerprint density at radius 1 is 1.56 bits per heavy atom. The summed E-state index contributed by atoms with van der Waals surface area (Å²) in [6, 6.07) is 2.97. The number of nitrogens with two attached hydrogens (primary N) is 1. The molecule has 0 atom stereocenters. The molecule has 6 heteroatoms. The van der Waals surface area contributed by atoms with E-state index in [1.165, 1.54) is 12.1 Å². The second kappa shape index (κ2) is 4.78. The lowest BCUT2D eigenvalue weighted by Crippen LogP contribution is -2.31. The summed E-state index contributed by atoms with van der Waals surface area (Å²) in [4.78, 5) is 16.3. The summed E-state index contributed by atoms with van der Waals surface area (Å²) in [6.45, 7) is 6.49. The minimum Gasteiger partial charge on any atom is -0.384 e. The molecule has 0 spiro atoms. The topological polar surface area (TPSA) is 85.3 Å². The third kappa shape index (κ3) is 2.39. The fraction of sp³-hybridized carbons (Fsp3) is 0.500. The Morgan fingerprint density at radius 2 is 2.19 bits per heavy atom. The number of nitrogens with zero attached hydrogens (tertiary/aromatic N) is 3. The molecule has 0 fully saturated rings. The molecule has 0 radical (unpaired) electrons. The van der Waals surface area contributed by atoms with Gasteiger partial charge in [0.25, 0.3) is 0 Å². The van der Waals surface area contributed by atoms with Crippen LogP contribution < -0.4 is 10.6 Å². The van der Waals surface area contributed by atoms with Crippen LogP contribution in [-0.2, 0) is 0 Å². The molecule has 16 heavy (non-hydrogen) atoms. The van der Waals surface area contributed by atoms with Gasteiger partial charge in [0.2, 0.25) is 5.82 Å². The number of nitro groups is 1. The lowest BCUT2D eigenvalue weighted by Gasteiger charge is -2.25. The number of pyridine rings is 1. The first-order chi connectivity index (χ1) is 7.47. The quantitative estimate of drug-likeness (QED) is 0.622. The maximum atomic E-state index is 10.9. The summed E-state index contributed by atoms with van der Waals surface area (Å²) in [5.41, 5.74) is 5.55. The fourth-order valence-corrected chi connectivity index (χ4v) is 1.57. The van der Waals surface area contributed by atoms with Crippen LogP contribution in [0, 0.1) is 10.1 Å². The van der Waals surface area contributed by atoms with Gasteiger partial charge in [0.05, 0.1) is 4.92 Å². The van der Waals surface area contributed by atoms with E-state index in [-0.39, 0.29) is 11.7 Å². The molecule has 88 valence electrons. The van der Waals surface area contributed by atoms with Gasteiger partial charge in [0.15, 0.2) is 0 Å². The van der Waals surface area contributed by atoms with Crippen molar-refractivity contribution in [1.29, 1.82) is 0 Å². The standard InChI is InChI=1S/C10H16N4O2/c1-4-13(7(2)3)10-8(14(15)16)5-6-9(11)12-10/h5-7H,4H2,1-3H3,(H2,11,12). The van der Waals surface area contributed by atoms with Gasteiger partial charge in [-0.15, -0.1) is 0 Å².